The zero-order valence-corrected chi connectivity index (χ0v) is 6.55. The van der Waals surface area contributed by atoms with Crippen molar-refractivity contribution in [2.75, 3.05) is 0 Å². The summed E-state index contributed by atoms with van der Waals surface area (Å²) in [6.07, 6.45) is 8.80. The molecule has 0 spiro atoms. The van der Waals surface area contributed by atoms with Gasteiger partial charge in [-0.15, -0.1) is 0 Å². The van der Waals surface area contributed by atoms with E-state index in [0.29, 0.717) is 12.0 Å². The van der Waals surface area contributed by atoms with Crippen molar-refractivity contribution in [3.8, 4) is 0 Å². The molecule has 0 radical (unpaired) electrons. The molecule has 0 saturated carbocycles. The summed E-state index contributed by atoms with van der Waals surface area (Å²) < 4.78 is 0. The molecule has 0 bridgehead atoms. The number of nitrogens with one attached hydrogen (secondary N) is 1. The van der Waals surface area contributed by atoms with E-state index in [1.807, 2.05) is 0 Å². The lowest BCUT2D eigenvalue weighted by Crippen LogP contribution is -2.57. The van der Waals surface area contributed by atoms with Crippen molar-refractivity contribution in [3.05, 3.63) is 12.2 Å². The maximum absolute atomic E-state index is 11.0. The zero-order valence-electron chi connectivity index (χ0n) is 6.55. The van der Waals surface area contributed by atoms with Gasteiger partial charge >= 0.3 is 0 Å². The molecule has 1 aliphatic carbocycles. The molecule has 60 valence electrons. The monoisotopic (exact) mass is 151 g/mol. The number of allylic oxidation sites excluding steroid dienone is 2. The number of carbonyl (C=O) groups is 1. The average molecular weight is 151 g/mol. The van der Waals surface area contributed by atoms with Crippen LogP contribution in [0.1, 0.15) is 25.7 Å². The molecule has 1 saturated heterocycles. The quantitative estimate of drug-likeness (QED) is 0.409. The van der Waals surface area contributed by atoms with Crippen LogP contribution in [0, 0.1) is 5.92 Å². The Balaban J connectivity index is 2.00. The molecule has 2 nitrogen and oxygen atoms in total. The summed E-state index contributed by atoms with van der Waals surface area (Å²) in [7, 11) is 0. The van der Waals surface area contributed by atoms with E-state index < -0.39 is 0 Å². The Morgan fingerprint density at radius 2 is 2.00 bits per heavy atom. The molecule has 1 heterocycles. The zero-order chi connectivity index (χ0) is 7.68. The normalized spacial score (nSPS) is 36.2. The number of β-lactam (4-membered cyclic amide) rings is 1. The molecule has 2 atom stereocenters. The van der Waals surface area contributed by atoms with Gasteiger partial charge in [-0.25, -0.2) is 0 Å². The minimum absolute atomic E-state index is 0.269. The number of hydrogen-bond acceptors (Lipinski definition) is 1. The molecule has 2 aliphatic rings. The molecule has 11 heavy (non-hydrogen) atoms. The molecule has 2 heteroatoms. The third-order valence-corrected chi connectivity index (χ3v) is 2.61. The van der Waals surface area contributed by atoms with Crippen LogP contribution in [-0.4, -0.2) is 11.9 Å². The number of amides is 1. The Labute approximate surface area is 66.7 Å². The van der Waals surface area contributed by atoms with Crippen LogP contribution in [0.25, 0.3) is 0 Å². The van der Waals surface area contributed by atoms with E-state index in [2.05, 4.69) is 17.5 Å². The molecule has 0 aromatic rings. The van der Waals surface area contributed by atoms with Gasteiger partial charge in [0.15, 0.2) is 0 Å². The highest BCUT2D eigenvalue weighted by molar-refractivity contribution is 5.85. The Bertz CT molecular complexity index is 198. The van der Waals surface area contributed by atoms with E-state index in [1.165, 1.54) is 0 Å². The van der Waals surface area contributed by atoms with Crippen molar-refractivity contribution in [2.45, 2.75) is 31.7 Å². The maximum atomic E-state index is 11.0. The summed E-state index contributed by atoms with van der Waals surface area (Å²) in [5, 5.41) is 2.94. The van der Waals surface area contributed by atoms with E-state index in [4.69, 9.17) is 0 Å². The predicted molar refractivity (Wildman–Crippen MR) is 43.0 cm³/mol. The summed E-state index contributed by atoms with van der Waals surface area (Å²) in [4.78, 5) is 11.0. The first-order valence-corrected chi connectivity index (χ1v) is 4.33. The molecule has 1 unspecified atom stereocenters. The fraction of sp³-hybridized carbons (Fsp3) is 0.667. The van der Waals surface area contributed by atoms with Gasteiger partial charge in [0.2, 0.25) is 5.91 Å². The van der Waals surface area contributed by atoms with Gasteiger partial charge in [0.05, 0.1) is 5.92 Å². The van der Waals surface area contributed by atoms with Crippen LogP contribution in [0.5, 0.6) is 0 Å². The molecule has 0 aromatic heterocycles. The number of rotatable bonds is 0. The lowest BCUT2D eigenvalue weighted by Gasteiger charge is -2.37. The highest BCUT2D eigenvalue weighted by Crippen LogP contribution is 2.26. The van der Waals surface area contributed by atoms with Gasteiger partial charge in [0, 0.05) is 6.04 Å². The van der Waals surface area contributed by atoms with Gasteiger partial charge < -0.3 is 5.32 Å². The van der Waals surface area contributed by atoms with Crippen LogP contribution < -0.4 is 5.32 Å². The molecular weight excluding hydrogens is 138 g/mol. The Hall–Kier alpha value is -0.790. The van der Waals surface area contributed by atoms with Crippen LogP contribution >= 0.6 is 0 Å². The van der Waals surface area contributed by atoms with Gasteiger partial charge in [-0.1, -0.05) is 12.2 Å². The SMILES string of the molecule is O=C1NC2CCC=CCC[C@@H]12. The third-order valence-electron chi connectivity index (χ3n) is 2.61. The molecule has 0 aromatic carbocycles. The van der Waals surface area contributed by atoms with Crippen LogP contribution in [0.2, 0.25) is 0 Å². The van der Waals surface area contributed by atoms with E-state index in [9.17, 15) is 4.79 Å². The second-order valence-electron chi connectivity index (χ2n) is 3.35. The smallest absolute Gasteiger partial charge is 0.225 e. The molecule has 1 amide bonds. The Morgan fingerprint density at radius 3 is 2.73 bits per heavy atom. The summed E-state index contributed by atoms with van der Waals surface area (Å²) in [6, 6.07) is 0.493. The van der Waals surface area contributed by atoms with E-state index >= 15 is 0 Å². The van der Waals surface area contributed by atoms with Gasteiger partial charge in [-0.05, 0) is 25.7 Å². The number of fused-ring (bicyclic) bond motifs is 1. The van der Waals surface area contributed by atoms with Gasteiger partial charge in [0.25, 0.3) is 0 Å². The van der Waals surface area contributed by atoms with Crippen LogP contribution in [0.3, 0.4) is 0 Å². The topological polar surface area (TPSA) is 29.1 Å². The minimum atomic E-state index is 0.269. The third kappa shape index (κ3) is 1.17. The van der Waals surface area contributed by atoms with Gasteiger partial charge in [0.1, 0.15) is 0 Å². The Morgan fingerprint density at radius 1 is 1.27 bits per heavy atom. The minimum Gasteiger partial charge on any atom is -0.352 e. The summed E-state index contributed by atoms with van der Waals surface area (Å²) in [5.41, 5.74) is 0. The highest BCUT2D eigenvalue weighted by Gasteiger charge is 2.37. The molecular formula is C9H13NO. The van der Waals surface area contributed by atoms with Crippen molar-refractivity contribution in [1.29, 1.82) is 0 Å². The van der Waals surface area contributed by atoms with Crippen molar-refractivity contribution in [3.63, 3.8) is 0 Å². The second-order valence-corrected chi connectivity index (χ2v) is 3.35. The van der Waals surface area contributed by atoms with Crippen molar-refractivity contribution >= 4 is 5.91 Å². The first-order valence-electron chi connectivity index (χ1n) is 4.33. The van der Waals surface area contributed by atoms with Crippen molar-refractivity contribution in [2.24, 2.45) is 5.92 Å². The standard InChI is InChI=1S/C9H13NO/c11-9-7-5-3-1-2-4-6-8(7)10-9/h1-2,7-8H,3-6H2,(H,10,11)/t7-,8?/m1/s1. The molecule has 1 N–H and O–H groups in total. The first-order chi connectivity index (χ1) is 5.38. The van der Waals surface area contributed by atoms with E-state index in [0.717, 1.165) is 25.7 Å². The lowest BCUT2D eigenvalue weighted by molar-refractivity contribution is -0.135. The summed E-state index contributed by atoms with van der Waals surface area (Å²) in [5.74, 6) is 0.602. The lowest BCUT2D eigenvalue weighted by atomic mass is 9.82. The van der Waals surface area contributed by atoms with Crippen LogP contribution in [-0.2, 0) is 4.79 Å². The first kappa shape index (κ1) is 6.89. The number of hydrogen-bond donors (Lipinski definition) is 1. The van der Waals surface area contributed by atoms with Crippen LogP contribution in [0.15, 0.2) is 12.2 Å². The fourth-order valence-corrected chi connectivity index (χ4v) is 1.87. The van der Waals surface area contributed by atoms with Crippen molar-refractivity contribution < 1.29 is 4.79 Å². The van der Waals surface area contributed by atoms with E-state index in [-0.39, 0.29) is 5.91 Å². The largest absolute Gasteiger partial charge is 0.352 e. The Kier molecular flexibility index (Phi) is 1.68. The second kappa shape index (κ2) is 2.68. The fourth-order valence-electron chi connectivity index (χ4n) is 1.87. The van der Waals surface area contributed by atoms with Crippen LogP contribution in [0.4, 0.5) is 0 Å². The number of carbonyl (C=O) groups excluding carboxylic acids is 1. The molecule has 1 aliphatic heterocycles. The maximum Gasteiger partial charge on any atom is 0.225 e. The van der Waals surface area contributed by atoms with Crippen molar-refractivity contribution in [1.82, 2.24) is 5.32 Å². The van der Waals surface area contributed by atoms with E-state index in [1.54, 1.807) is 0 Å². The molecule has 2 rings (SSSR count). The molecule has 1 fully saturated rings. The van der Waals surface area contributed by atoms with Gasteiger partial charge in [-0.3, -0.25) is 4.79 Å². The summed E-state index contributed by atoms with van der Waals surface area (Å²) in [6.45, 7) is 0. The highest BCUT2D eigenvalue weighted by atomic mass is 16.2. The van der Waals surface area contributed by atoms with Gasteiger partial charge in [-0.2, -0.15) is 0 Å². The average Bonchev–Trinajstić information content (AvgIpc) is 1.96. The summed E-state index contributed by atoms with van der Waals surface area (Å²) >= 11 is 0. The predicted octanol–water partition coefficient (Wildman–Crippen LogP) is 1.23.